The van der Waals surface area contributed by atoms with Crippen molar-refractivity contribution < 1.29 is 9.59 Å². The van der Waals surface area contributed by atoms with E-state index in [9.17, 15) is 14.4 Å². The predicted octanol–water partition coefficient (Wildman–Crippen LogP) is 0.506. The number of hydrogen-bond donors (Lipinski definition) is 2. The third kappa shape index (κ3) is 2.93. The van der Waals surface area contributed by atoms with E-state index < -0.39 is 11.9 Å². The molecule has 0 spiro atoms. The van der Waals surface area contributed by atoms with E-state index >= 15 is 0 Å². The highest BCUT2D eigenvalue weighted by molar-refractivity contribution is 6.00. The number of piperazine rings is 1. The van der Waals surface area contributed by atoms with E-state index in [1.165, 1.54) is 4.57 Å². The summed E-state index contributed by atoms with van der Waals surface area (Å²) in [5.41, 5.74) is 2.29. The van der Waals surface area contributed by atoms with Gasteiger partial charge in [-0.05, 0) is 32.4 Å². The van der Waals surface area contributed by atoms with Crippen molar-refractivity contribution in [1.29, 1.82) is 0 Å². The van der Waals surface area contributed by atoms with Crippen LogP contribution in [0.15, 0.2) is 23.0 Å². The number of para-hydroxylation sites is 1. The van der Waals surface area contributed by atoms with Crippen molar-refractivity contribution in [2.24, 2.45) is 7.05 Å². The number of carbonyl (C=O) groups is 2. The molecular weight excluding hydrogens is 346 g/mol. The average Bonchev–Trinajstić information content (AvgIpc) is 2.86. The zero-order valence-electron chi connectivity index (χ0n) is 15.9. The fourth-order valence-electron chi connectivity index (χ4n) is 4.25. The molecule has 2 aliphatic heterocycles. The van der Waals surface area contributed by atoms with Gasteiger partial charge >= 0.3 is 5.69 Å². The van der Waals surface area contributed by atoms with Crippen LogP contribution in [0.3, 0.4) is 0 Å². The summed E-state index contributed by atoms with van der Waals surface area (Å²) >= 11 is 0. The summed E-state index contributed by atoms with van der Waals surface area (Å²) in [5, 5.41) is 5.85. The van der Waals surface area contributed by atoms with Crippen LogP contribution in [0.25, 0.3) is 11.0 Å². The number of piperidine rings is 1. The van der Waals surface area contributed by atoms with Crippen molar-refractivity contribution in [2.45, 2.75) is 38.3 Å². The number of benzene rings is 1. The van der Waals surface area contributed by atoms with Crippen molar-refractivity contribution >= 4 is 28.5 Å². The van der Waals surface area contributed by atoms with Crippen molar-refractivity contribution in [2.75, 3.05) is 24.5 Å². The number of rotatable bonds is 2. The van der Waals surface area contributed by atoms with Crippen molar-refractivity contribution in [3.05, 3.63) is 28.7 Å². The lowest BCUT2D eigenvalue weighted by atomic mass is 10.0. The molecule has 8 nitrogen and oxygen atoms in total. The van der Waals surface area contributed by atoms with Crippen molar-refractivity contribution in [3.8, 4) is 0 Å². The maximum absolute atomic E-state index is 13.0. The highest BCUT2D eigenvalue weighted by Crippen LogP contribution is 2.31. The molecule has 0 bridgehead atoms. The summed E-state index contributed by atoms with van der Waals surface area (Å²) in [6.45, 7) is 6.86. The molecule has 2 amide bonds. The third-order valence-electron chi connectivity index (χ3n) is 5.52. The van der Waals surface area contributed by atoms with Gasteiger partial charge in [0.15, 0.2) is 0 Å². The largest absolute Gasteiger partial charge is 0.367 e. The molecule has 4 rings (SSSR count). The van der Waals surface area contributed by atoms with Gasteiger partial charge in [0.25, 0.3) is 0 Å². The van der Waals surface area contributed by atoms with Crippen LogP contribution >= 0.6 is 0 Å². The Morgan fingerprint density at radius 1 is 1.19 bits per heavy atom. The van der Waals surface area contributed by atoms with Gasteiger partial charge in [-0.25, -0.2) is 4.79 Å². The van der Waals surface area contributed by atoms with Gasteiger partial charge in [0.05, 0.1) is 16.7 Å². The average molecular weight is 371 g/mol. The standard InChI is InChI=1S/C19H25N5O3/c1-19(2)11-23(10-9-20-19)12-5-4-6-13-16(12)22(3)18(27)24(13)14-7-8-15(25)21-17(14)26/h4-6,14,20H,7-11H2,1-3H3,(H,21,25,26). The Labute approximate surface area is 157 Å². The first-order chi connectivity index (χ1) is 12.8. The summed E-state index contributed by atoms with van der Waals surface area (Å²) in [6, 6.07) is 5.16. The third-order valence-corrected chi connectivity index (χ3v) is 5.52. The number of amides is 2. The Balaban J connectivity index is 1.85. The molecule has 1 unspecified atom stereocenters. The Bertz CT molecular complexity index is 987. The zero-order valence-corrected chi connectivity index (χ0v) is 15.9. The van der Waals surface area contributed by atoms with Crippen LogP contribution < -0.4 is 21.2 Å². The number of anilines is 1. The second-order valence-electron chi connectivity index (χ2n) is 8.06. The molecule has 0 aliphatic carbocycles. The van der Waals surface area contributed by atoms with Gasteiger partial charge in [0, 0.05) is 38.6 Å². The minimum absolute atomic E-state index is 0.0224. The van der Waals surface area contributed by atoms with E-state index in [0.29, 0.717) is 6.42 Å². The van der Waals surface area contributed by atoms with Crippen LogP contribution in [-0.4, -0.2) is 46.1 Å². The number of carbonyl (C=O) groups excluding carboxylic acids is 2. The summed E-state index contributed by atoms with van der Waals surface area (Å²) in [4.78, 5) is 39.1. The number of nitrogens with zero attached hydrogens (tertiary/aromatic N) is 3. The molecule has 2 aromatic rings. The van der Waals surface area contributed by atoms with E-state index in [1.807, 2.05) is 18.2 Å². The number of imide groups is 1. The normalized spacial score (nSPS) is 22.9. The van der Waals surface area contributed by atoms with Crippen LogP contribution in [0, 0.1) is 0 Å². The molecule has 8 heteroatoms. The summed E-state index contributed by atoms with van der Waals surface area (Å²) in [6.07, 6.45) is 0.583. The number of fused-ring (bicyclic) bond motifs is 1. The molecule has 1 aromatic carbocycles. The molecule has 144 valence electrons. The van der Waals surface area contributed by atoms with Crippen LogP contribution in [0.4, 0.5) is 5.69 Å². The first-order valence-corrected chi connectivity index (χ1v) is 9.32. The second-order valence-corrected chi connectivity index (χ2v) is 8.06. The summed E-state index contributed by atoms with van der Waals surface area (Å²) in [5.74, 6) is -0.692. The highest BCUT2D eigenvalue weighted by atomic mass is 16.2. The van der Waals surface area contributed by atoms with Crippen LogP contribution in [-0.2, 0) is 16.6 Å². The van der Waals surface area contributed by atoms with Crippen LogP contribution in [0.5, 0.6) is 0 Å². The van der Waals surface area contributed by atoms with Crippen molar-refractivity contribution in [3.63, 3.8) is 0 Å². The first kappa shape index (κ1) is 17.8. The molecule has 2 aliphatic rings. The predicted molar refractivity (Wildman–Crippen MR) is 103 cm³/mol. The fraction of sp³-hybridized carbons (Fsp3) is 0.526. The van der Waals surface area contributed by atoms with Gasteiger partial charge in [-0.1, -0.05) is 6.07 Å². The topological polar surface area (TPSA) is 88.4 Å². The number of imidazole rings is 1. The lowest BCUT2D eigenvalue weighted by Crippen LogP contribution is -2.57. The SMILES string of the molecule is Cn1c(=O)n(C2CCC(=O)NC2=O)c2cccc(N3CCNC(C)(C)C3)c21. The van der Waals surface area contributed by atoms with Gasteiger partial charge in [0.2, 0.25) is 11.8 Å². The first-order valence-electron chi connectivity index (χ1n) is 9.32. The van der Waals surface area contributed by atoms with Gasteiger partial charge < -0.3 is 10.2 Å². The summed E-state index contributed by atoms with van der Waals surface area (Å²) in [7, 11) is 1.74. The molecule has 27 heavy (non-hydrogen) atoms. The molecule has 2 fully saturated rings. The number of aromatic nitrogens is 2. The van der Waals surface area contributed by atoms with E-state index in [0.717, 1.165) is 36.4 Å². The molecule has 0 radical (unpaired) electrons. The van der Waals surface area contributed by atoms with Gasteiger partial charge in [0.1, 0.15) is 6.04 Å². The Morgan fingerprint density at radius 2 is 1.96 bits per heavy atom. The van der Waals surface area contributed by atoms with Crippen LogP contribution in [0.1, 0.15) is 32.7 Å². The lowest BCUT2D eigenvalue weighted by molar-refractivity contribution is -0.135. The fourth-order valence-corrected chi connectivity index (χ4v) is 4.25. The smallest absolute Gasteiger partial charge is 0.329 e. The number of hydrogen-bond acceptors (Lipinski definition) is 5. The monoisotopic (exact) mass is 371 g/mol. The Hall–Kier alpha value is -2.61. The highest BCUT2D eigenvalue weighted by Gasteiger charge is 2.33. The van der Waals surface area contributed by atoms with Gasteiger partial charge in [-0.3, -0.25) is 24.0 Å². The maximum Gasteiger partial charge on any atom is 0.329 e. The number of aryl methyl sites for hydroxylation is 1. The molecule has 1 aromatic heterocycles. The van der Waals surface area contributed by atoms with Crippen LogP contribution in [0.2, 0.25) is 0 Å². The van der Waals surface area contributed by atoms with E-state index in [-0.39, 0.29) is 23.6 Å². The molecule has 2 N–H and O–H groups in total. The second kappa shape index (κ2) is 6.23. The molecule has 0 saturated carbocycles. The van der Waals surface area contributed by atoms with E-state index in [2.05, 4.69) is 29.4 Å². The minimum Gasteiger partial charge on any atom is -0.367 e. The van der Waals surface area contributed by atoms with Crippen molar-refractivity contribution in [1.82, 2.24) is 19.8 Å². The quantitative estimate of drug-likeness (QED) is 0.751. The van der Waals surface area contributed by atoms with Gasteiger partial charge in [-0.15, -0.1) is 0 Å². The Kier molecular flexibility index (Phi) is 4.10. The van der Waals surface area contributed by atoms with Gasteiger partial charge in [-0.2, -0.15) is 0 Å². The van der Waals surface area contributed by atoms with E-state index in [1.54, 1.807) is 11.6 Å². The molecule has 2 saturated heterocycles. The molecule has 1 atom stereocenters. The number of nitrogens with one attached hydrogen (secondary N) is 2. The molecule has 3 heterocycles. The lowest BCUT2D eigenvalue weighted by Gasteiger charge is -2.40. The zero-order chi connectivity index (χ0) is 19.3. The Morgan fingerprint density at radius 3 is 2.67 bits per heavy atom. The molecular formula is C19H25N5O3. The summed E-state index contributed by atoms with van der Waals surface area (Å²) < 4.78 is 3.15. The van der Waals surface area contributed by atoms with E-state index in [4.69, 9.17) is 0 Å². The maximum atomic E-state index is 13.0. The minimum atomic E-state index is -0.659.